The average molecular weight is 285 g/mol. The van der Waals surface area contributed by atoms with E-state index < -0.39 is 0 Å². The van der Waals surface area contributed by atoms with E-state index in [1.165, 1.54) is 0 Å². The maximum absolute atomic E-state index is 12.1. The molecule has 0 unspecified atom stereocenters. The van der Waals surface area contributed by atoms with Crippen LogP contribution in [0.15, 0.2) is 23.4 Å². The molecule has 5 heteroatoms. The van der Waals surface area contributed by atoms with Crippen LogP contribution in [0, 0.1) is 0 Å². The molecular weight excluding hydrogens is 280 g/mol. The zero-order valence-electron chi connectivity index (χ0n) is 5.46. The van der Waals surface area contributed by atoms with E-state index >= 15 is 0 Å². The van der Waals surface area contributed by atoms with Gasteiger partial charge in [-0.05, 0) is 6.07 Å². The Morgan fingerprint density at radius 2 is 2.55 bits per heavy atom. The van der Waals surface area contributed by atoms with Gasteiger partial charge in [0.2, 0.25) is 0 Å². The quantitative estimate of drug-likeness (QED) is 0.797. The Hall–Kier alpha value is 0.120. The summed E-state index contributed by atoms with van der Waals surface area (Å²) >= 11 is 1.91. The third-order valence-corrected chi connectivity index (χ3v) is 1.96. The Balaban J connectivity index is 2.83. The van der Waals surface area contributed by atoms with Gasteiger partial charge < -0.3 is 3.07 Å². The molecule has 0 fully saturated rings. The molecule has 0 spiro atoms. The van der Waals surface area contributed by atoms with E-state index in [4.69, 9.17) is 3.07 Å². The number of halogens is 2. The molecule has 0 aliphatic carbocycles. The zero-order chi connectivity index (χ0) is 8.10. The summed E-state index contributed by atoms with van der Waals surface area (Å²) in [7, 11) is 0. The van der Waals surface area contributed by atoms with Gasteiger partial charge in [-0.3, -0.25) is 0 Å². The Labute approximate surface area is 82.5 Å². The minimum absolute atomic E-state index is 0.141. The van der Waals surface area contributed by atoms with E-state index in [1.54, 1.807) is 41.3 Å². The predicted octanol–water partition coefficient (Wildman–Crippen LogP) is 2.92. The highest BCUT2D eigenvalue weighted by molar-refractivity contribution is 14.1. The van der Waals surface area contributed by atoms with Gasteiger partial charge in [0.15, 0.2) is 0 Å². The normalized spacial score (nSPS) is 10.0. The molecule has 1 rings (SSSR count). The van der Waals surface area contributed by atoms with Gasteiger partial charge in [0.1, 0.15) is 40.2 Å². The molecule has 0 aliphatic rings. The molecule has 0 N–H and O–H groups in total. The lowest BCUT2D eigenvalue weighted by atomic mass is 10.3. The SMILES string of the molecule is FSc1ncccc1COI. The number of pyridine rings is 1. The van der Waals surface area contributed by atoms with Crippen molar-refractivity contribution in [1.29, 1.82) is 0 Å². The molecule has 0 saturated heterocycles. The second kappa shape index (κ2) is 4.89. The molecule has 0 bridgehead atoms. The Morgan fingerprint density at radius 3 is 3.18 bits per heavy atom. The summed E-state index contributed by atoms with van der Waals surface area (Å²) in [6.07, 6.45) is 1.55. The van der Waals surface area contributed by atoms with Crippen molar-refractivity contribution < 1.29 is 6.95 Å². The van der Waals surface area contributed by atoms with Crippen molar-refractivity contribution in [2.24, 2.45) is 0 Å². The Kier molecular flexibility index (Phi) is 4.09. The number of aromatic nitrogens is 1. The molecule has 0 amide bonds. The summed E-state index contributed by atoms with van der Waals surface area (Å²) in [5, 5.41) is 0.379. The first-order chi connectivity index (χ1) is 5.38. The molecule has 2 nitrogen and oxygen atoms in total. The molecular formula is C6H5FINOS. The highest BCUT2D eigenvalue weighted by Gasteiger charge is 2.02. The van der Waals surface area contributed by atoms with E-state index in [0.29, 0.717) is 11.6 Å². The van der Waals surface area contributed by atoms with Crippen molar-refractivity contribution in [2.75, 3.05) is 0 Å². The van der Waals surface area contributed by atoms with E-state index in [0.717, 1.165) is 5.56 Å². The van der Waals surface area contributed by atoms with Gasteiger partial charge in [-0.25, -0.2) is 4.98 Å². The molecule has 0 saturated carbocycles. The molecule has 0 aromatic carbocycles. The first kappa shape index (κ1) is 9.21. The van der Waals surface area contributed by atoms with Gasteiger partial charge >= 0.3 is 0 Å². The number of rotatable bonds is 3. The highest BCUT2D eigenvalue weighted by atomic mass is 127. The average Bonchev–Trinajstić information content (AvgIpc) is 2.06. The zero-order valence-corrected chi connectivity index (χ0v) is 8.43. The monoisotopic (exact) mass is 285 g/mol. The van der Waals surface area contributed by atoms with Gasteiger partial charge in [0.05, 0.1) is 6.61 Å². The molecule has 1 aromatic heterocycles. The van der Waals surface area contributed by atoms with Crippen LogP contribution in [0.4, 0.5) is 3.89 Å². The topological polar surface area (TPSA) is 22.1 Å². The summed E-state index contributed by atoms with van der Waals surface area (Å²) in [4.78, 5) is 3.82. The van der Waals surface area contributed by atoms with Crippen molar-refractivity contribution in [2.45, 2.75) is 11.6 Å². The molecule has 1 heterocycles. The standard InChI is InChI=1S/C6H5FINOS/c7-11-6-5(4-10-8)2-1-3-9-6/h1-3H,4H2. The van der Waals surface area contributed by atoms with Crippen molar-refractivity contribution >= 4 is 35.2 Å². The Bertz CT molecular complexity index is 236. The fourth-order valence-electron chi connectivity index (χ4n) is 0.662. The van der Waals surface area contributed by atoms with Crippen LogP contribution in [0.3, 0.4) is 0 Å². The lowest BCUT2D eigenvalue weighted by Crippen LogP contribution is -1.88. The lowest BCUT2D eigenvalue weighted by molar-refractivity contribution is 0.412. The third-order valence-electron chi connectivity index (χ3n) is 1.13. The summed E-state index contributed by atoms with van der Waals surface area (Å²) < 4.78 is 16.9. The summed E-state index contributed by atoms with van der Waals surface area (Å²) in [6, 6.07) is 3.54. The van der Waals surface area contributed by atoms with Gasteiger partial charge in [-0.1, -0.05) is 6.07 Å². The van der Waals surface area contributed by atoms with Gasteiger partial charge in [0.25, 0.3) is 0 Å². The highest BCUT2D eigenvalue weighted by Crippen LogP contribution is 2.21. The fourth-order valence-corrected chi connectivity index (χ4v) is 1.32. The van der Waals surface area contributed by atoms with Crippen LogP contribution < -0.4 is 0 Å². The number of nitrogens with zero attached hydrogens (tertiary/aromatic N) is 1. The second-order valence-electron chi connectivity index (χ2n) is 1.80. The van der Waals surface area contributed by atoms with E-state index in [-0.39, 0.29) is 12.1 Å². The molecule has 0 radical (unpaired) electrons. The third kappa shape index (κ3) is 2.57. The van der Waals surface area contributed by atoms with Crippen molar-refractivity contribution in [3.63, 3.8) is 0 Å². The van der Waals surface area contributed by atoms with Crippen LogP contribution in [0.5, 0.6) is 0 Å². The minimum Gasteiger partial charge on any atom is -0.311 e. The van der Waals surface area contributed by atoms with Gasteiger partial charge in [-0.15, -0.1) is 0 Å². The maximum Gasteiger partial charge on any atom is 0.134 e. The van der Waals surface area contributed by atoms with Gasteiger partial charge in [0, 0.05) is 11.8 Å². The summed E-state index contributed by atoms with van der Waals surface area (Å²) in [5.74, 6) is 0. The van der Waals surface area contributed by atoms with E-state index in [9.17, 15) is 3.89 Å². The first-order valence-electron chi connectivity index (χ1n) is 2.84. The minimum atomic E-state index is 0.141. The fraction of sp³-hybridized carbons (Fsp3) is 0.167. The van der Waals surface area contributed by atoms with Crippen molar-refractivity contribution in [3.05, 3.63) is 23.9 Å². The smallest absolute Gasteiger partial charge is 0.134 e. The Morgan fingerprint density at radius 1 is 1.73 bits per heavy atom. The summed E-state index contributed by atoms with van der Waals surface area (Å²) in [5.41, 5.74) is 0.773. The maximum atomic E-state index is 12.1. The first-order valence-corrected chi connectivity index (χ1v) is 4.44. The summed E-state index contributed by atoms with van der Waals surface area (Å²) in [6.45, 7) is 0.390. The lowest BCUT2D eigenvalue weighted by Gasteiger charge is -1.99. The van der Waals surface area contributed by atoms with Crippen LogP contribution in [-0.4, -0.2) is 4.98 Å². The molecule has 0 atom stereocenters. The largest absolute Gasteiger partial charge is 0.311 e. The molecule has 0 aliphatic heterocycles. The molecule has 60 valence electrons. The second-order valence-corrected chi connectivity index (χ2v) is 2.96. The van der Waals surface area contributed by atoms with E-state index in [1.807, 2.05) is 0 Å². The van der Waals surface area contributed by atoms with Crippen LogP contribution in [0.2, 0.25) is 0 Å². The number of hydrogen-bond donors (Lipinski definition) is 0. The molecule has 1 aromatic rings. The van der Waals surface area contributed by atoms with Crippen molar-refractivity contribution in [1.82, 2.24) is 4.98 Å². The van der Waals surface area contributed by atoms with Crippen LogP contribution in [0.25, 0.3) is 0 Å². The van der Waals surface area contributed by atoms with Crippen molar-refractivity contribution in [3.8, 4) is 0 Å². The van der Waals surface area contributed by atoms with Crippen LogP contribution in [-0.2, 0) is 9.67 Å². The number of hydrogen-bond acceptors (Lipinski definition) is 3. The predicted molar refractivity (Wildman–Crippen MR) is 50.0 cm³/mol. The molecule has 11 heavy (non-hydrogen) atoms. The van der Waals surface area contributed by atoms with Gasteiger partial charge in [-0.2, -0.15) is 3.89 Å². The van der Waals surface area contributed by atoms with E-state index in [2.05, 4.69) is 4.98 Å². The van der Waals surface area contributed by atoms with Crippen LogP contribution in [0.1, 0.15) is 5.56 Å². The van der Waals surface area contributed by atoms with Crippen LogP contribution >= 0.6 is 35.2 Å².